The van der Waals surface area contributed by atoms with Crippen molar-refractivity contribution in [3.05, 3.63) is 0 Å². The van der Waals surface area contributed by atoms with E-state index in [1.54, 1.807) is 0 Å². The quantitative estimate of drug-likeness (QED) is 0.804. The molecule has 2 fully saturated rings. The number of hydrogen-bond donors (Lipinski definition) is 2. The molecule has 0 bridgehead atoms. The summed E-state index contributed by atoms with van der Waals surface area (Å²) in [5.41, 5.74) is 5.85. The molecule has 6 nitrogen and oxygen atoms in total. The molecule has 2 aliphatic rings. The highest BCUT2D eigenvalue weighted by Gasteiger charge is 2.32. The minimum atomic E-state index is -0.420. The third-order valence-electron chi connectivity index (χ3n) is 5.12. The van der Waals surface area contributed by atoms with E-state index in [0.29, 0.717) is 32.2 Å². The van der Waals surface area contributed by atoms with Crippen LogP contribution < -0.4 is 11.1 Å². The largest absolute Gasteiger partial charge is 0.381 e. The van der Waals surface area contributed by atoms with Crippen LogP contribution in [0.4, 0.5) is 0 Å². The van der Waals surface area contributed by atoms with Gasteiger partial charge in [0, 0.05) is 38.3 Å². The Labute approximate surface area is 145 Å². The summed E-state index contributed by atoms with van der Waals surface area (Å²) in [6.45, 7) is 9.23. The highest BCUT2D eigenvalue weighted by Crippen LogP contribution is 2.22. The van der Waals surface area contributed by atoms with Gasteiger partial charge in [0.1, 0.15) is 0 Å². The Morgan fingerprint density at radius 2 is 1.92 bits per heavy atom. The Morgan fingerprint density at radius 1 is 1.25 bits per heavy atom. The molecule has 0 radical (unpaired) electrons. The standard InChI is InChI=1S/C18H33N3O3/c1-18(2,3)17(23)20-11-13-5-4-8-21(12-13)16(22)15(19)14-6-9-24-10-7-14/h13-15H,4-12,19H2,1-3H3,(H,20,23). The second kappa shape index (κ2) is 8.30. The van der Waals surface area contributed by atoms with E-state index in [2.05, 4.69) is 5.32 Å². The van der Waals surface area contributed by atoms with Gasteiger partial charge in [-0.25, -0.2) is 0 Å². The van der Waals surface area contributed by atoms with Gasteiger partial charge in [-0.1, -0.05) is 20.8 Å². The lowest BCUT2D eigenvalue weighted by molar-refractivity contribution is -0.136. The summed E-state index contributed by atoms with van der Waals surface area (Å²) in [6, 6.07) is -0.420. The first-order valence-electron chi connectivity index (χ1n) is 9.19. The number of nitrogens with one attached hydrogen (secondary N) is 1. The van der Waals surface area contributed by atoms with Gasteiger partial charge in [0.05, 0.1) is 6.04 Å². The lowest BCUT2D eigenvalue weighted by Gasteiger charge is -2.37. The van der Waals surface area contributed by atoms with Crippen LogP contribution in [0.5, 0.6) is 0 Å². The molecular formula is C18H33N3O3. The van der Waals surface area contributed by atoms with Crippen LogP contribution in [0.15, 0.2) is 0 Å². The highest BCUT2D eigenvalue weighted by molar-refractivity contribution is 5.82. The van der Waals surface area contributed by atoms with Gasteiger partial charge >= 0.3 is 0 Å². The number of nitrogens with two attached hydrogens (primary N) is 1. The monoisotopic (exact) mass is 339 g/mol. The molecule has 0 aromatic rings. The maximum absolute atomic E-state index is 12.7. The van der Waals surface area contributed by atoms with Crippen molar-refractivity contribution in [3.8, 4) is 0 Å². The SMILES string of the molecule is CC(C)(C)C(=O)NCC1CCCN(C(=O)C(N)C2CCOCC2)C1. The number of likely N-dealkylation sites (tertiary alicyclic amines) is 1. The van der Waals surface area contributed by atoms with Crippen LogP contribution in [-0.4, -0.2) is 55.6 Å². The molecule has 138 valence electrons. The summed E-state index contributed by atoms with van der Waals surface area (Å²) >= 11 is 0. The van der Waals surface area contributed by atoms with Gasteiger partial charge in [-0.15, -0.1) is 0 Å². The molecule has 2 unspecified atom stereocenters. The minimum absolute atomic E-state index is 0.0601. The van der Waals surface area contributed by atoms with E-state index in [9.17, 15) is 9.59 Å². The molecule has 3 N–H and O–H groups in total. The zero-order chi connectivity index (χ0) is 17.7. The third kappa shape index (κ3) is 5.18. The lowest BCUT2D eigenvalue weighted by Crippen LogP contribution is -2.53. The Hall–Kier alpha value is -1.14. The minimum Gasteiger partial charge on any atom is -0.381 e. The van der Waals surface area contributed by atoms with Crippen LogP contribution in [0.1, 0.15) is 46.5 Å². The maximum Gasteiger partial charge on any atom is 0.239 e. The fourth-order valence-corrected chi connectivity index (χ4v) is 3.42. The molecule has 0 spiro atoms. The van der Waals surface area contributed by atoms with Crippen LogP contribution in [0, 0.1) is 17.3 Å². The van der Waals surface area contributed by atoms with Crippen molar-refractivity contribution in [2.75, 3.05) is 32.8 Å². The molecule has 2 rings (SSSR count). The van der Waals surface area contributed by atoms with Crippen LogP contribution in [0.2, 0.25) is 0 Å². The molecule has 24 heavy (non-hydrogen) atoms. The van der Waals surface area contributed by atoms with Gasteiger partial charge in [-0.3, -0.25) is 9.59 Å². The molecule has 6 heteroatoms. The summed E-state index contributed by atoms with van der Waals surface area (Å²) in [7, 11) is 0. The number of carbonyl (C=O) groups is 2. The number of nitrogens with zero attached hydrogens (tertiary/aromatic N) is 1. The fraction of sp³-hybridized carbons (Fsp3) is 0.889. The van der Waals surface area contributed by atoms with Gasteiger partial charge in [-0.05, 0) is 37.5 Å². The van der Waals surface area contributed by atoms with E-state index >= 15 is 0 Å². The van der Waals surface area contributed by atoms with Crippen molar-refractivity contribution >= 4 is 11.8 Å². The van der Waals surface area contributed by atoms with E-state index < -0.39 is 6.04 Å². The highest BCUT2D eigenvalue weighted by atomic mass is 16.5. The molecule has 0 aliphatic carbocycles. The molecule has 2 amide bonds. The van der Waals surface area contributed by atoms with E-state index in [0.717, 1.165) is 32.2 Å². The number of carbonyl (C=O) groups excluding carboxylic acids is 2. The predicted octanol–water partition coefficient (Wildman–Crippen LogP) is 1.14. The average Bonchev–Trinajstić information content (AvgIpc) is 2.58. The molecule has 0 aromatic heterocycles. The van der Waals surface area contributed by atoms with Crippen molar-refractivity contribution in [2.45, 2.75) is 52.5 Å². The molecule has 0 saturated carbocycles. The van der Waals surface area contributed by atoms with Crippen molar-refractivity contribution in [1.82, 2.24) is 10.2 Å². The molecule has 2 heterocycles. The first kappa shape index (κ1) is 19.2. The van der Waals surface area contributed by atoms with Gasteiger partial charge < -0.3 is 20.7 Å². The second-order valence-corrected chi connectivity index (χ2v) is 8.23. The van der Waals surface area contributed by atoms with E-state index in [1.807, 2.05) is 25.7 Å². The average molecular weight is 339 g/mol. The molecule has 0 aromatic carbocycles. The lowest BCUT2D eigenvalue weighted by atomic mass is 9.90. The van der Waals surface area contributed by atoms with E-state index in [-0.39, 0.29) is 23.1 Å². The number of piperidine rings is 1. The summed E-state index contributed by atoms with van der Waals surface area (Å²) in [6.07, 6.45) is 3.75. The maximum atomic E-state index is 12.7. The Kier molecular flexibility index (Phi) is 6.63. The zero-order valence-corrected chi connectivity index (χ0v) is 15.3. The van der Waals surface area contributed by atoms with E-state index in [4.69, 9.17) is 10.5 Å². The van der Waals surface area contributed by atoms with Crippen molar-refractivity contribution < 1.29 is 14.3 Å². The molecule has 2 saturated heterocycles. The Balaban J connectivity index is 1.83. The summed E-state index contributed by atoms with van der Waals surface area (Å²) in [4.78, 5) is 26.6. The Morgan fingerprint density at radius 3 is 2.54 bits per heavy atom. The van der Waals surface area contributed by atoms with E-state index in [1.165, 1.54) is 0 Å². The van der Waals surface area contributed by atoms with Gasteiger partial charge in [0.25, 0.3) is 0 Å². The van der Waals surface area contributed by atoms with Crippen LogP contribution in [-0.2, 0) is 14.3 Å². The summed E-state index contributed by atoms with van der Waals surface area (Å²) in [5.74, 6) is 0.668. The normalized spacial score (nSPS) is 24.5. The first-order valence-corrected chi connectivity index (χ1v) is 9.19. The molecule has 2 atom stereocenters. The molecule has 2 aliphatic heterocycles. The Bertz CT molecular complexity index is 441. The van der Waals surface area contributed by atoms with Crippen molar-refractivity contribution in [1.29, 1.82) is 0 Å². The third-order valence-corrected chi connectivity index (χ3v) is 5.12. The van der Waals surface area contributed by atoms with Crippen LogP contribution >= 0.6 is 0 Å². The topological polar surface area (TPSA) is 84.7 Å². The number of rotatable bonds is 4. The predicted molar refractivity (Wildman–Crippen MR) is 93.3 cm³/mol. The number of hydrogen-bond acceptors (Lipinski definition) is 4. The fourth-order valence-electron chi connectivity index (χ4n) is 3.42. The summed E-state index contributed by atoms with van der Waals surface area (Å²) in [5, 5.41) is 3.02. The second-order valence-electron chi connectivity index (χ2n) is 8.23. The van der Waals surface area contributed by atoms with Gasteiger partial charge in [0.15, 0.2) is 0 Å². The smallest absolute Gasteiger partial charge is 0.239 e. The number of ether oxygens (including phenoxy) is 1. The van der Waals surface area contributed by atoms with Crippen LogP contribution in [0.25, 0.3) is 0 Å². The summed E-state index contributed by atoms with van der Waals surface area (Å²) < 4.78 is 5.35. The molecular weight excluding hydrogens is 306 g/mol. The van der Waals surface area contributed by atoms with Crippen molar-refractivity contribution in [2.24, 2.45) is 23.0 Å². The van der Waals surface area contributed by atoms with Crippen molar-refractivity contribution in [3.63, 3.8) is 0 Å². The number of amides is 2. The van der Waals surface area contributed by atoms with Crippen LogP contribution in [0.3, 0.4) is 0 Å². The first-order chi connectivity index (χ1) is 11.3. The van der Waals surface area contributed by atoms with Gasteiger partial charge in [-0.2, -0.15) is 0 Å². The van der Waals surface area contributed by atoms with Gasteiger partial charge in [0.2, 0.25) is 11.8 Å². The zero-order valence-electron chi connectivity index (χ0n) is 15.3.